The second kappa shape index (κ2) is 38.0. The molecular weight excluding hydrogens is 719 g/mol. The minimum absolute atomic E-state index is 0.0417. The van der Waals surface area contributed by atoms with E-state index in [0.717, 1.165) is 70.6 Å². The van der Waals surface area contributed by atoms with Crippen LogP contribution in [0.25, 0.3) is 0 Å². The topological polar surface area (TPSA) is 105 Å². The highest BCUT2D eigenvalue weighted by atomic mass is 31.2. The number of carbonyl (C=O) groups is 1. The van der Waals surface area contributed by atoms with Gasteiger partial charge in [-0.3, -0.25) is 13.8 Å². The van der Waals surface area contributed by atoms with Crippen molar-refractivity contribution in [1.29, 1.82) is 0 Å². The lowest BCUT2D eigenvalue weighted by molar-refractivity contribution is -0.870. The van der Waals surface area contributed by atoms with Gasteiger partial charge in [-0.2, -0.15) is 0 Å². The predicted molar refractivity (Wildman–Crippen MR) is 239 cm³/mol. The summed E-state index contributed by atoms with van der Waals surface area (Å²) in [5.41, 5.74) is 0. The summed E-state index contributed by atoms with van der Waals surface area (Å²) >= 11 is 0. The molecule has 0 saturated heterocycles. The fourth-order valence-electron chi connectivity index (χ4n) is 5.35. The van der Waals surface area contributed by atoms with Crippen LogP contribution in [0.4, 0.5) is 0 Å². The van der Waals surface area contributed by atoms with Crippen molar-refractivity contribution >= 4 is 13.7 Å². The van der Waals surface area contributed by atoms with Crippen LogP contribution < -0.4 is 5.32 Å². The summed E-state index contributed by atoms with van der Waals surface area (Å²) in [6, 6.07) is -0.891. The number of aliphatic hydroxyl groups is 1. The second-order valence-corrected chi connectivity index (χ2v) is 16.8. The van der Waals surface area contributed by atoms with Crippen molar-refractivity contribution in [3.8, 4) is 0 Å². The zero-order valence-corrected chi connectivity index (χ0v) is 37.0. The Labute approximate surface area is 343 Å². The molecule has 0 aliphatic rings. The Bertz CT molecular complexity index is 1230. The van der Waals surface area contributed by atoms with E-state index >= 15 is 0 Å². The molecule has 0 aromatic rings. The molecule has 0 fully saturated rings. The molecule has 0 aromatic carbocycles. The Morgan fingerprint density at radius 1 is 0.625 bits per heavy atom. The monoisotopic (exact) mass is 802 g/mol. The van der Waals surface area contributed by atoms with Crippen LogP contribution in [0.3, 0.4) is 0 Å². The number of unbranched alkanes of at least 4 members (excludes halogenated alkanes) is 10. The number of nitrogens with zero attached hydrogens (tertiary/aromatic N) is 1. The SMILES string of the molecule is CC/C=C\C/C=C\C/C=C\C/C=C\C/C=C\C/C=C\CCCCC(=O)NC(COP(=O)(O)OCC[N+](C)(C)C)C(O)/C=C/CC/C=C/CCCCCCCCC. The Morgan fingerprint density at radius 3 is 1.64 bits per heavy atom. The van der Waals surface area contributed by atoms with Crippen molar-refractivity contribution in [1.82, 2.24) is 5.32 Å². The van der Waals surface area contributed by atoms with Crippen molar-refractivity contribution < 1.29 is 32.9 Å². The summed E-state index contributed by atoms with van der Waals surface area (Å²) in [5.74, 6) is -0.235. The number of aliphatic hydroxyl groups excluding tert-OH is 1. The molecule has 0 bridgehead atoms. The first kappa shape index (κ1) is 53.4. The van der Waals surface area contributed by atoms with Gasteiger partial charge in [0.25, 0.3) is 0 Å². The summed E-state index contributed by atoms with van der Waals surface area (Å²) in [6.45, 7) is 4.60. The highest BCUT2D eigenvalue weighted by Crippen LogP contribution is 2.43. The first-order chi connectivity index (χ1) is 27.0. The minimum atomic E-state index is -4.36. The van der Waals surface area contributed by atoms with Gasteiger partial charge in [-0.15, -0.1) is 0 Å². The Kier molecular flexibility index (Phi) is 36.2. The quantitative estimate of drug-likeness (QED) is 0.0250. The first-order valence-electron chi connectivity index (χ1n) is 21.6. The third-order valence-electron chi connectivity index (χ3n) is 8.79. The largest absolute Gasteiger partial charge is 0.472 e. The van der Waals surface area contributed by atoms with E-state index in [0.29, 0.717) is 17.4 Å². The van der Waals surface area contributed by atoms with Crippen molar-refractivity contribution in [3.05, 3.63) is 97.2 Å². The number of likely N-dealkylation sites (N-methyl/N-ethyl adjacent to an activating group) is 1. The molecule has 320 valence electrons. The van der Waals surface area contributed by atoms with Gasteiger partial charge in [0.05, 0.1) is 39.9 Å². The fraction of sp³-hybridized carbons (Fsp3) is 0.638. The zero-order valence-electron chi connectivity index (χ0n) is 36.1. The lowest BCUT2D eigenvalue weighted by Gasteiger charge is -2.25. The maximum Gasteiger partial charge on any atom is 0.472 e. The number of hydrogen-bond donors (Lipinski definition) is 3. The number of carbonyl (C=O) groups excluding carboxylic acids is 1. The molecule has 9 heteroatoms. The van der Waals surface area contributed by atoms with Gasteiger partial charge < -0.3 is 19.8 Å². The maximum atomic E-state index is 12.8. The molecule has 0 radical (unpaired) electrons. The molecule has 8 nitrogen and oxygen atoms in total. The van der Waals surface area contributed by atoms with Gasteiger partial charge in [-0.05, 0) is 83.5 Å². The summed E-state index contributed by atoms with van der Waals surface area (Å²) in [5, 5.41) is 13.7. The Hall–Kier alpha value is -2.58. The molecule has 0 aromatic heterocycles. The van der Waals surface area contributed by atoms with Crippen LogP contribution in [-0.2, 0) is 18.4 Å². The number of amides is 1. The average molecular weight is 802 g/mol. The fourth-order valence-corrected chi connectivity index (χ4v) is 6.09. The molecular formula is C47H82N2O6P+. The van der Waals surface area contributed by atoms with Gasteiger partial charge in [0, 0.05) is 6.42 Å². The summed E-state index contributed by atoms with van der Waals surface area (Å²) in [6.07, 6.45) is 53.4. The molecule has 3 atom stereocenters. The molecule has 0 saturated carbocycles. The van der Waals surface area contributed by atoms with E-state index in [4.69, 9.17) is 9.05 Å². The molecule has 0 heterocycles. The smallest absolute Gasteiger partial charge is 0.387 e. The third-order valence-corrected chi connectivity index (χ3v) is 9.77. The molecule has 3 unspecified atom stereocenters. The second-order valence-electron chi connectivity index (χ2n) is 15.3. The number of hydrogen-bond acceptors (Lipinski definition) is 5. The van der Waals surface area contributed by atoms with Gasteiger partial charge in [0.1, 0.15) is 13.2 Å². The van der Waals surface area contributed by atoms with E-state index in [-0.39, 0.29) is 25.5 Å². The Morgan fingerprint density at radius 2 is 1.09 bits per heavy atom. The maximum absolute atomic E-state index is 12.8. The van der Waals surface area contributed by atoms with Gasteiger partial charge in [0.15, 0.2) is 0 Å². The van der Waals surface area contributed by atoms with Gasteiger partial charge >= 0.3 is 7.82 Å². The average Bonchev–Trinajstić information content (AvgIpc) is 3.15. The van der Waals surface area contributed by atoms with Gasteiger partial charge in [-0.1, -0.05) is 150 Å². The van der Waals surface area contributed by atoms with Crippen molar-refractivity contribution in [2.24, 2.45) is 0 Å². The molecule has 56 heavy (non-hydrogen) atoms. The highest BCUT2D eigenvalue weighted by molar-refractivity contribution is 7.47. The van der Waals surface area contributed by atoms with Gasteiger partial charge in [-0.25, -0.2) is 4.57 Å². The van der Waals surface area contributed by atoms with E-state index in [1.54, 1.807) is 6.08 Å². The number of nitrogens with one attached hydrogen (secondary N) is 1. The van der Waals surface area contributed by atoms with Crippen LogP contribution >= 0.6 is 7.82 Å². The van der Waals surface area contributed by atoms with Crippen LogP contribution in [0.5, 0.6) is 0 Å². The normalized spacial score (nSPS) is 15.3. The van der Waals surface area contributed by atoms with E-state index in [1.165, 1.54) is 44.9 Å². The molecule has 0 aliphatic carbocycles. The third kappa shape index (κ3) is 39.6. The summed E-state index contributed by atoms with van der Waals surface area (Å²) < 4.78 is 23.5. The molecule has 0 spiro atoms. The number of phosphoric ester groups is 1. The van der Waals surface area contributed by atoms with Crippen LogP contribution in [0.15, 0.2) is 97.2 Å². The number of rotatable bonds is 37. The van der Waals surface area contributed by atoms with Crippen molar-refractivity contribution in [2.75, 3.05) is 40.9 Å². The first-order valence-corrected chi connectivity index (χ1v) is 23.1. The predicted octanol–water partition coefficient (Wildman–Crippen LogP) is 12.0. The number of allylic oxidation sites excluding steroid dienone is 15. The van der Waals surface area contributed by atoms with Crippen LogP contribution in [0, 0.1) is 0 Å². The van der Waals surface area contributed by atoms with Crippen LogP contribution in [-0.4, -0.2) is 73.4 Å². The highest BCUT2D eigenvalue weighted by Gasteiger charge is 2.27. The molecule has 0 aliphatic heterocycles. The molecule has 0 rings (SSSR count). The number of quaternary nitrogens is 1. The lowest BCUT2D eigenvalue weighted by atomic mass is 10.1. The lowest BCUT2D eigenvalue weighted by Crippen LogP contribution is -2.45. The zero-order chi connectivity index (χ0) is 41.4. The summed E-state index contributed by atoms with van der Waals surface area (Å²) in [7, 11) is 1.50. The van der Waals surface area contributed by atoms with E-state index in [1.807, 2.05) is 27.2 Å². The summed E-state index contributed by atoms with van der Waals surface area (Å²) in [4.78, 5) is 23.1. The molecule has 1 amide bonds. The standard InChI is InChI=1S/C47H81N2O6P/c1-6-8-10-12-14-16-18-20-21-22-23-24-25-26-27-29-31-33-35-37-39-41-47(51)48-45(44-55-56(52,53)54-43-42-49(3,4)5)46(50)40-38-36-34-32-30-28-19-17-15-13-11-9-7-2/h8,10,14,16,20-21,23-24,26-27,30-33,38,40,45-46,50H,6-7,9,11-13,15,17-19,22,25,28-29,34-37,39,41-44H2,1-5H3,(H-,48,51,52,53)/p+1/b10-8-,16-14-,21-20-,24-23-,27-26-,32-30+,33-31-,40-38+. The van der Waals surface area contributed by atoms with E-state index in [9.17, 15) is 19.4 Å². The van der Waals surface area contributed by atoms with Crippen LogP contribution in [0.2, 0.25) is 0 Å². The van der Waals surface area contributed by atoms with Crippen LogP contribution in [0.1, 0.15) is 142 Å². The molecule has 3 N–H and O–H groups in total. The minimum Gasteiger partial charge on any atom is -0.387 e. The van der Waals surface area contributed by atoms with E-state index < -0.39 is 20.0 Å². The number of phosphoric acid groups is 1. The van der Waals surface area contributed by atoms with Crippen molar-refractivity contribution in [3.63, 3.8) is 0 Å². The van der Waals surface area contributed by atoms with E-state index in [2.05, 4.69) is 104 Å². The van der Waals surface area contributed by atoms with Gasteiger partial charge in [0.2, 0.25) is 5.91 Å². The van der Waals surface area contributed by atoms with Crippen molar-refractivity contribution in [2.45, 2.75) is 154 Å². The Balaban J connectivity index is 4.58.